The summed E-state index contributed by atoms with van der Waals surface area (Å²) in [5, 5.41) is 10.9. The number of methoxy groups -OCH3 is 1. The first kappa shape index (κ1) is 16.7. The van der Waals surface area contributed by atoms with Crippen molar-refractivity contribution in [2.45, 2.75) is 36.8 Å². The Balaban J connectivity index is 2.01. The number of hydrogen-bond acceptors (Lipinski definition) is 5. The Kier molecular flexibility index (Phi) is 3.80. The minimum absolute atomic E-state index is 0.111. The average molecular weight is 349 g/mol. The molecule has 2 aliphatic rings. The van der Waals surface area contributed by atoms with Gasteiger partial charge in [-0.25, -0.2) is 8.42 Å². The van der Waals surface area contributed by atoms with Crippen LogP contribution in [0, 0.1) is 6.92 Å². The molecule has 2 atom stereocenters. The molecular weight excluding hydrogens is 330 g/mol. The summed E-state index contributed by atoms with van der Waals surface area (Å²) in [7, 11) is -2.52. The maximum absolute atomic E-state index is 12.9. The van der Waals surface area contributed by atoms with E-state index in [0.29, 0.717) is 5.57 Å². The zero-order chi connectivity index (χ0) is 17.7. The lowest BCUT2D eigenvalue weighted by atomic mass is 9.73. The van der Waals surface area contributed by atoms with Crippen molar-refractivity contribution in [1.82, 2.24) is 4.31 Å². The van der Waals surface area contributed by atoms with Crippen molar-refractivity contribution in [1.29, 1.82) is 0 Å². The first-order chi connectivity index (χ1) is 11.2. The van der Waals surface area contributed by atoms with Gasteiger partial charge in [-0.1, -0.05) is 23.8 Å². The summed E-state index contributed by atoms with van der Waals surface area (Å²) in [6, 6.07) is 5.48. The number of Topliss-reactive ketones (excluding diaryl/α,β-unsaturated/α-hetero) is 1. The van der Waals surface area contributed by atoms with Gasteiger partial charge in [0.25, 0.3) is 10.0 Å². The molecule has 0 amide bonds. The van der Waals surface area contributed by atoms with Crippen LogP contribution in [0.4, 0.5) is 0 Å². The van der Waals surface area contributed by atoms with Gasteiger partial charge in [0, 0.05) is 11.8 Å². The highest BCUT2D eigenvalue weighted by Gasteiger charge is 2.61. The molecule has 1 aromatic rings. The normalized spacial score (nSPS) is 26.8. The number of carbonyl (C=O) groups excluding carboxylic acids is 1. The third-order valence-corrected chi connectivity index (χ3v) is 6.37. The number of rotatable bonds is 4. The minimum Gasteiger partial charge on any atom is -0.497 e. The topological polar surface area (TPSA) is 83.9 Å². The summed E-state index contributed by atoms with van der Waals surface area (Å²) in [4.78, 5) is 12.4. The minimum atomic E-state index is -3.88. The summed E-state index contributed by atoms with van der Waals surface area (Å²) < 4.78 is 32.0. The molecule has 0 saturated carbocycles. The van der Waals surface area contributed by atoms with Crippen LogP contribution >= 0.6 is 0 Å². The van der Waals surface area contributed by atoms with Crippen LogP contribution in [0.1, 0.15) is 18.9 Å². The molecule has 6 nitrogen and oxygen atoms in total. The van der Waals surface area contributed by atoms with Crippen molar-refractivity contribution in [2.24, 2.45) is 0 Å². The molecule has 0 saturated heterocycles. The monoisotopic (exact) mass is 349 g/mol. The average Bonchev–Trinajstić information content (AvgIpc) is 3.06. The standard InChI is InChI=1S/C17H19NO5S/c1-11-6-8-13(9-7-11)24(21,22)18-10-4-5-14(18)17(20)15(19)12(2)16(17)23-3/h4,6-10,14,20H,5H2,1-3H3. The van der Waals surface area contributed by atoms with Gasteiger partial charge in [0.2, 0.25) is 11.4 Å². The molecule has 1 aliphatic heterocycles. The maximum Gasteiger partial charge on any atom is 0.264 e. The third-order valence-electron chi connectivity index (χ3n) is 4.58. The van der Waals surface area contributed by atoms with Gasteiger partial charge in [-0.05, 0) is 32.4 Å². The van der Waals surface area contributed by atoms with E-state index < -0.39 is 27.4 Å². The van der Waals surface area contributed by atoms with E-state index in [1.54, 1.807) is 25.1 Å². The molecule has 0 aromatic heterocycles. The van der Waals surface area contributed by atoms with Crippen molar-refractivity contribution in [3.05, 3.63) is 53.4 Å². The molecule has 2 unspecified atom stereocenters. The highest BCUT2D eigenvalue weighted by atomic mass is 32.2. The zero-order valence-electron chi connectivity index (χ0n) is 13.7. The van der Waals surface area contributed by atoms with Gasteiger partial charge in [-0.2, -0.15) is 0 Å². The highest BCUT2D eigenvalue weighted by molar-refractivity contribution is 7.89. The zero-order valence-corrected chi connectivity index (χ0v) is 14.5. The molecule has 1 N–H and O–H groups in total. The molecule has 7 heteroatoms. The van der Waals surface area contributed by atoms with E-state index in [0.717, 1.165) is 9.87 Å². The third kappa shape index (κ3) is 2.12. The molecule has 0 bridgehead atoms. The largest absolute Gasteiger partial charge is 0.497 e. The van der Waals surface area contributed by atoms with Crippen LogP contribution in [-0.4, -0.2) is 42.4 Å². The number of ether oxygens (including phenoxy) is 1. The first-order valence-electron chi connectivity index (χ1n) is 7.54. The summed E-state index contributed by atoms with van der Waals surface area (Å²) in [5.41, 5.74) is -0.685. The lowest BCUT2D eigenvalue weighted by Gasteiger charge is -2.44. The molecular formula is C17H19NO5S. The summed E-state index contributed by atoms with van der Waals surface area (Å²) >= 11 is 0. The number of carbonyl (C=O) groups is 1. The molecule has 128 valence electrons. The molecule has 0 spiro atoms. The van der Waals surface area contributed by atoms with Crippen LogP contribution in [0.3, 0.4) is 0 Å². The predicted octanol–water partition coefficient (Wildman–Crippen LogP) is 1.51. The summed E-state index contributed by atoms with van der Waals surface area (Å²) in [5.74, 6) is -0.373. The van der Waals surface area contributed by atoms with Gasteiger partial charge in [0.15, 0.2) is 0 Å². The number of benzene rings is 1. The molecule has 0 radical (unpaired) electrons. The molecule has 0 fully saturated rings. The van der Waals surface area contributed by atoms with E-state index in [1.807, 2.05) is 6.92 Å². The Labute approximate surface area is 141 Å². The van der Waals surface area contributed by atoms with Crippen molar-refractivity contribution in [2.75, 3.05) is 7.11 Å². The van der Waals surface area contributed by atoms with Gasteiger partial charge in [0.1, 0.15) is 5.76 Å². The Bertz CT molecular complexity index is 853. The first-order valence-corrected chi connectivity index (χ1v) is 8.98. The maximum atomic E-state index is 12.9. The predicted molar refractivity (Wildman–Crippen MR) is 87.4 cm³/mol. The van der Waals surface area contributed by atoms with Gasteiger partial charge in [0.05, 0.1) is 18.0 Å². The van der Waals surface area contributed by atoms with Crippen molar-refractivity contribution < 1.29 is 23.1 Å². The van der Waals surface area contributed by atoms with Crippen LogP contribution in [0.25, 0.3) is 0 Å². The molecule has 3 rings (SSSR count). The van der Waals surface area contributed by atoms with Crippen molar-refractivity contribution >= 4 is 15.8 Å². The van der Waals surface area contributed by atoms with Crippen molar-refractivity contribution in [3.8, 4) is 0 Å². The Hall–Kier alpha value is -2.12. The van der Waals surface area contributed by atoms with E-state index >= 15 is 0 Å². The van der Waals surface area contributed by atoms with E-state index in [4.69, 9.17) is 4.74 Å². The summed E-state index contributed by atoms with van der Waals surface area (Å²) in [6.07, 6.45) is 3.25. The molecule has 24 heavy (non-hydrogen) atoms. The quantitative estimate of drug-likeness (QED) is 0.891. The Morgan fingerprint density at radius 3 is 2.46 bits per heavy atom. The molecule has 1 aliphatic carbocycles. The number of ketones is 1. The SMILES string of the molecule is COC1=C(C)C(=O)C1(O)C1CC=CN1S(=O)(=O)c1ccc(C)cc1. The highest BCUT2D eigenvalue weighted by Crippen LogP contribution is 2.44. The van der Waals surface area contributed by atoms with Gasteiger partial charge < -0.3 is 9.84 Å². The van der Waals surface area contributed by atoms with Gasteiger partial charge >= 0.3 is 0 Å². The van der Waals surface area contributed by atoms with Crippen LogP contribution in [0.15, 0.2) is 52.8 Å². The van der Waals surface area contributed by atoms with Crippen LogP contribution in [0.2, 0.25) is 0 Å². The number of nitrogens with zero attached hydrogens (tertiary/aromatic N) is 1. The fourth-order valence-electron chi connectivity index (χ4n) is 3.26. The van der Waals surface area contributed by atoms with E-state index in [1.165, 1.54) is 25.4 Å². The fraction of sp³-hybridized carbons (Fsp3) is 0.353. The number of aryl methyl sites for hydroxylation is 1. The lowest BCUT2D eigenvalue weighted by Crippen LogP contribution is -2.63. The molecule has 1 aromatic carbocycles. The lowest BCUT2D eigenvalue weighted by molar-refractivity contribution is -0.144. The van der Waals surface area contributed by atoms with E-state index in [-0.39, 0.29) is 17.1 Å². The Morgan fingerprint density at radius 1 is 1.25 bits per heavy atom. The van der Waals surface area contributed by atoms with Gasteiger partial charge in [-0.3, -0.25) is 9.10 Å². The second-order valence-electron chi connectivity index (χ2n) is 6.04. The van der Waals surface area contributed by atoms with E-state index in [2.05, 4.69) is 0 Å². The Morgan fingerprint density at radius 2 is 1.88 bits per heavy atom. The van der Waals surface area contributed by atoms with Gasteiger partial charge in [-0.15, -0.1) is 0 Å². The van der Waals surface area contributed by atoms with Crippen molar-refractivity contribution in [3.63, 3.8) is 0 Å². The summed E-state index contributed by atoms with van der Waals surface area (Å²) in [6.45, 7) is 3.42. The fourth-order valence-corrected chi connectivity index (χ4v) is 4.81. The van der Waals surface area contributed by atoms with Crippen LogP contribution in [-0.2, 0) is 19.6 Å². The van der Waals surface area contributed by atoms with Crippen LogP contribution < -0.4 is 0 Å². The van der Waals surface area contributed by atoms with Crippen LogP contribution in [0.5, 0.6) is 0 Å². The second kappa shape index (κ2) is 5.46. The smallest absolute Gasteiger partial charge is 0.264 e. The number of hydrogen-bond donors (Lipinski definition) is 1. The van der Waals surface area contributed by atoms with E-state index in [9.17, 15) is 18.3 Å². The second-order valence-corrected chi connectivity index (χ2v) is 7.88. The number of sulfonamides is 1. The molecule has 1 heterocycles. The number of aliphatic hydroxyl groups is 1.